The van der Waals surface area contributed by atoms with Gasteiger partial charge in [-0.25, -0.2) is 4.98 Å². The number of anilines is 1. The maximum atomic E-state index is 6.28. The van der Waals surface area contributed by atoms with Crippen LogP contribution in [0.4, 0.5) is 5.95 Å². The monoisotopic (exact) mass is 281 g/mol. The first-order valence-corrected chi connectivity index (χ1v) is 6.66. The molecule has 94 valence electrons. The predicted molar refractivity (Wildman–Crippen MR) is 75.0 cm³/mol. The molecule has 3 rings (SSSR count). The van der Waals surface area contributed by atoms with Crippen LogP contribution in [0.5, 0.6) is 0 Å². The largest absolute Gasteiger partial charge is 0.353 e. The van der Waals surface area contributed by atoms with Gasteiger partial charge in [0, 0.05) is 23.5 Å². The Morgan fingerprint density at radius 3 is 2.78 bits per heavy atom. The Morgan fingerprint density at radius 1 is 1.28 bits per heavy atom. The van der Waals surface area contributed by atoms with Crippen LogP contribution < -0.4 is 5.32 Å². The van der Waals surface area contributed by atoms with E-state index in [-0.39, 0.29) is 0 Å². The highest BCUT2D eigenvalue weighted by atomic mass is 35.5. The summed E-state index contributed by atoms with van der Waals surface area (Å²) in [5, 5.41) is 4.76. The lowest BCUT2D eigenvalue weighted by atomic mass is 10.2. The molecule has 1 aromatic carbocycles. The average Bonchev–Trinajstić information content (AvgIpc) is 3.02. The van der Waals surface area contributed by atoms with Crippen LogP contribution in [0, 0.1) is 6.92 Å². The normalized spacial score (nSPS) is 14.8. The van der Waals surface area contributed by atoms with Crippen LogP contribution in [0.25, 0.3) is 5.69 Å². The zero-order chi connectivity index (χ0) is 12.7. The van der Waals surface area contributed by atoms with E-state index in [1.54, 1.807) is 6.20 Å². The van der Waals surface area contributed by atoms with E-state index in [1.807, 2.05) is 29.8 Å². The van der Waals surface area contributed by atoms with E-state index < -0.39 is 0 Å². The van der Waals surface area contributed by atoms with E-state index in [4.69, 9.17) is 23.2 Å². The van der Waals surface area contributed by atoms with Crippen molar-refractivity contribution >= 4 is 29.2 Å². The van der Waals surface area contributed by atoms with Gasteiger partial charge in [-0.1, -0.05) is 23.2 Å². The first kappa shape index (κ1) is 11.9. The van der Waals surface area contributed by atoms with Crippen LogP contribution in [-0.2, 0) is 0 Å². The van der Waals surface area contributed by atoms with E-state index in [9.17, 15) is 0 Å². The molecule has 0 unspecified atom stereocenters. The zero-order valence-corrected chi connectivity index (χ0v) is 11.5. The molecule has 0 bridgehead atoms. The van der Waals surface area contributed by atoms with E-state index in [0.717, 1.165) is 17.2 Å². The van der Waals surface area contributed by atoms with Gasteiger partial charge < -0.3 is 5.32 Å². The Balaban J connectivity index is 2.03. The lowest BCUT2D eigenvalue weighted by Crippen LogP contribution is -2.08. The SMILES string of the molecule is Cc1cc(Cl)c(-n2ccnc2NC2CC2)cc1Cl. The first-order chi connectivity index (χ1) is 8.65. The smallest absolute Gasteiger partial charge is 0.207 e. The molecule has 1 heterocycles. The van der Waals surface area contributed by atoms with Crippen molar-refractivity contribution in [2.24, 2.45) is 0 Å². The lowest BCUT2D eigenvalue weighted by Gasteiger charge is -2.12. The number of hydrogen-bond donors (Lipinski definition) is 1. The van der Waals surface area contributed by atoms with Gasteiger partial charge in [-0.15, -0.1) is 0 Å². The van der Waals surface area contributed by atoms with E-state index in [0.29, 0.717) is 16.1 Å². The number of hydrogen-bond acceptors (Lipinski definition) is 2. The number of nitrogens with zero attached hydrogens (tertiary/aromatic N) is 2. The van der Waals surface area contributed by atoms with Crippen LogP contribution in [0.15, 0.2) is 24.5 Å². The van der Waals surface area contributed by atoms with Crippen molar-refractivity contribution in [2.75, 3.05) is 5.32 Å². The van der Waals surface area contributed by atoms with Crippen LogP contribution in [0.2, 0.25) is 10.0 Å². The third-order valence-corrected chi connectivity index (χ3v) is 3.75. The number of imidazole rings is 1. The summed E-state index contributed by atoms with van der Waals surface area (Å²) in [4.78, 5) is 4.32. The molecule has 1 aromatic heterocycles. The summed E-state index contributed by atoms with van der Waals surface area (Å²) in [5.74, 6) is 0.819. The van der Waals surface area contributed by atoms with E-state index in [1.165, 1.54) is 12.8 Å². The highest BCUT2D eigenvalue weighted by molar-refractivity contribution is 6.35. The third-order valence-electron chi connectivity index (χ3n) is 3.04. The number of nitrogens with one attached hydrogen (secondary N) is 1. The molecular formula is C13H13Cl2N3. The Bertz CT molecular complexity index is 588. The second-order valence-corrected chi connectivity index (χ2v) is 5.41. The zero-order valence-electron chi connectivity index (χ0n) is 9.95. The fourth-order valence-electron chi connectivity index (χ4n) is 1.84. The Kier molecular flexibility index (Phi) is 2.96. The summed E-state index contributed by atoms with van der Waals surface area (Å²) in [6.07, 6.45) is 6.05. The van der Waals surface area contributed by atoms with E-state index >= 15 is 0 Å². The maximum absolute atomic E-state index is 6.28. The number of aryl methyl sites for hydroxylation is 1. The molecule has 1 fully saturated rings. The summed E-state index contributed by atoms with van der Waals surface area (Å²) in [7, 11) is 0. The molecule has 5 heteroatoms. The molecular weight excluding hydrogens is 269 g/mol. The summed E-state index contributed by atoms with van der Waals surface area (Å²) in [6.45, 7) is 1.94. The fourth-order valence-corrected chi connectivity index (χ4v) is 2.30. The average molecular weight is 282 g/mol. The van der Waals surface area contributed by atoms with Gasteiger partial charge >= 0.3 is 0 Å². The topological polar surface area (TPSA) is 29.9 Å². The van der Waals surface area contributed by atoms with Crippen molar-refractivity contribution in [2.45, 2.75) is 25.8 Å². The van der Waals surface area contributed by atoms with Gasteiger partial charge in [0.1, 0.15) is 0 Å². The number of benzene rings is 1. The summed E-state index contributed by atoms with van der Waals surface area (Å²) in [5.41, 5.74) is 1.83. The van der Waals surface area contributed by atoms with Gasteiger partial charge in [-0.05, 0) is 37.5 Å². The van der Waals surface area contributed by atoms with Crippen LogP contribution in [0.1, 0.15) is 18.4 Å². The van der Waals surface area contributed by atoms with Crippen LogP contribution in [0.3, 0.4) is 0 Å². The molecule has 0 saturated heterocycles. The van der Waals surface area contributed by atoms with Gasteiger partial charge in [-0.3, -0.25) is 4.57 Å². The molecule has 1 N–H and O–H groups in total. The second kappa shape index (κ2) is 4.48. The molecule has 2 aromatic rings. The first-order valence-electron chi connectivity index (χ1n) is 5.91. The number of rotatable bonds is 3. The highest BCUT2D eigenvalue weighted by Gasteiger charge is 2.23. The molecule has 0 radical (unpaired) electrons. The number of halogens is 2. The minimum absolute atomic E-state index is 0.547. The van der Waals surface area contributed by atoms with Gasteiger partial charge in [0.25, 0.3) is 0 Å². The van der Waals surface area contributed by atoms with Gasteiger partial charge in [0.2, 0.25) is 5.95 Å². The van der Waals surface area contributed by atoms with E-state index in [2.05, 4.69) is 10.3 Å². The Morgan fingerprint density at radius 2 is 2.06 bits per heavy atom. The van der Waals surface area contributed by atoms with Crippen molar-refractivity contribution in [1.82, 2.24) is 9.55 Å². The van der Waals surface area contributed by atoms with Crippen molar-refractivity contribution in [3.8, 4) is 5.69 Å². The van der Waals surface area contributed by atoms with Crippen molar-refractivity contribution in [3.05, 3.63) is 40.1 Å². The molecule has 0 amide bonds. The minimum Gasteiger partial charge on any atom is -0.353 e. The second-order valence-electron chi connectivity index (χ2n) is 4.59. The van der Waals surface area contributed by atoms with Crippen LogP contribution >= 0.6 is 23.2 Å². The molecule has 3 nitrogen and oxygen atoms in total. The molecule has 0 spiro atoms. The van der Waals surface area contributed by atoms with Crippen molar-refractivity contribution < 1.29 is 0 Å². The van der Waals surface area contributed by atoms with Crippen molar-refractivity contribution in [1.29, 1.82) is 0 Å². The quantitative estimate of drug-likeness (QED) is 0.920. The fraction of sp³-hybridized carbons (Fsp3) is 0.308. The predicted octanol–water partition coefficient (Wildman–Crippen LogP) is 4.06. The molecule has 0 aliphatic heterocycles. The Labute approximate surface area is 116 Å². The van der Waals surface area contributed by atoms with Gasteiger partial charge in [-0.2, -0.15) is 0 Å². The van der Waals surface area contributed by atoms with Gasteiger partial charge in [0.05, 0.1) is 10.7 Å². The molecule has 18 heavy (non-hydrogen) atoms. The number of aromatic nitrogens is 2. The summed E-state index contributed by atoms with van der Waals surface area (Å²) >= 11 is 12.4. The highest BCUT2D eigenvalue weighted by Crippen LogP contribution is 2.31. The molecule has 1 saturated carbocycles. The molecule has 0 atom stereocenters. The van der Waals surface area contributed by atoms with Crippen molar-refractivity contribution in [3.63, 3.8) is 0 Å². The molecule has 1 aliphatic carbocycles. The standard InChI is InChI=1S/C13H13Cl2N3/c1-8-6-11(15)12(7-10(8)14)18-5-4-16-13(18)17-9-2-3-9/h4-7,9H,2-3H2,1H3,(H,16,17). The lowest BCUT2D eigenvalue weighted by molar-refractivity contribution is 1.00. The summed E-state index contributed by atoms with van der Waals surface area (Å²) in [6, 6.07) is 4.30. The minimum atomic E-state index is 0.547. The molecule has 1 aliphatic rings. The Hall–Kier alpha value is -1.19. The maximum Gasteiger partial charge on any atom is 0.207 e. The van der Waals surface area contributed by atoms with Gasteiger partial charge in [0.15, 0.2) is 0 Å². The van der Waals surface area contributed by atoms with Crippen LogP contribution in [-0.4, -0.2) is 15.6 Å². The third kappa shape index (κ3) is 2.20. The summed E-state index contributed by atoms with van der Waals surface area (Å²) < 4.78 is 1.94.